The first-order valence-electron chi connectivity index (χ1n) is 6.74. The van der Waals surface area contributed by atoms with Crippen LogP contribution in [0.3, 0.4) is 0 Å². The van der Waals surface area contributed by atoms with Crippen LogP contribution in [0.5, 0.6) is 0 Å². The van der Waals surface area contributed by atoms with Crippen molar-refractivity contribution in [3.63, 3.8) is 0 Å². The Kier molecular flexibility index (Phi) is 4.09. The first-order valence-corrected chi connectivity index (χ1v) is 8.63. The van der Waals surface area contributed by atoms with Crippen LogP contribution in [0.25, 0.3) is 0 Å². The molecule has 0 aliphatic heterocycles. The fourth-order valence-electron chi connectivity index (χ4n) is 2.28. The van der Waals surface area contributed by atoms with Gasteiger partial charge in [0, 0.05) is 36.8 Å². The van der Waals surface area contributed by atoms with Gasteiger partial charge >= 0.3 is 0 Å². The molecule has 0 aliphatic carbocycles. The Morgan fingerprint density at radius 1 is 1.24 bits per heavy atom. The maximum atomic E-state index is 11.6. The average Bonchev–Trinajstić information content (AvgIpc) is 2.62. The monoisotopic (exact) mass is 307 g/mol. The first-order chi connectivity index (χ1) is 9.70. The zero-order chi connectivity index (χ0) is 15.8. The predicted molar refractivity (Wildman–Crippen MR) is 84.3 cm³/mol. The maximum Gasteiger partial charge on any atom is 0.175 e. The topological polar surface area (TPSA) is 64.0 Å². The van der Waals surface area contributed by atoms with Crippen molar-refractivity contribution in [2.75, 3.05) is 11.6 Å². The minimum Gasteiger partial charge on any atom is -0.381 e. The molecule has 0 unspecified atom stereocenters. The summed E-state index contributed by atoms with van der Waals surface area (Å²) in [5.41, 5.74) is 5.08. The van der Waals surface area contributed by atoms with Gasteiger partial charge in [-0.25, -0.2) is 8.42 Å². The van der Waals surface area contributed by atoms with Crippen LogP contribution in [0.1, 0.15) is 22.5 Å². The Morgan fingerprint density at radius 2 is 1.90 bits per heavy atom. The number of aromatic nitrogens is 2. The largest absolute Gasteiger partial charge is 0.381 e. The van der Waals surface area contributed by atoms with Gasteiger partial charge in [0.2, 0.25) is 0 Å². The third-order valence-electron chi connectivity index (χ3n) is 3.75. The van der Waals surface area contributed by atoms with Crippen LogP contribution in [0, 0.1) is 20.8 Å². The van der Waals surface area contributed by atoms with E-state index in [4.69, 9.17) is 0 Å². The predicted octanol–water partition coefficient (Wildman–Crippen LogP) is 2.36. The van der Waals surface area contributed by atoms with Gasteiger partial charge in [0.25, 0.3) is 0 Å². The smallest absolute Gasteiger partial charge is 0.175 e. The van der Waals surface area contributed by atoms with Gasteiger partial charge in [-0.05, 0) is 38.5 Å². The van der Waals surface area contributed by atoms with Crippen molar-refractivity contribution in [1.29, 1.82) is 0 Å². The first kappa shape index (κ1) is 15.6. The lowest BCUT2D eigenvalue weighted by Gasteiger charge is -2.11. The van der Waals surface area contributed by atoms with Gasteiger partial charge in [0.1, 0.15) is 0 Å². The van der Waals surface area contributed by atoms with Crippen LogP contribution in [0.2, 0.25) is 0 Å². The standard InChI is InChI=1S/C15H21N3O2S/c1-10-6-7-13(21(5,19)20)8-15(10)16-9-14-11(2)17-18(4)12(14)3/h6-8,16H,9H2,1-5H3. The van der Waals surface area contributed by atoms with Crippen molar-refractivity contribution in [3.05, 3.63) is 40.7 Å². The molecule has 0 aliphatic rings. The van der Waals surface area contributed by atoms with E-state index < -0.39 is 9.84 Å². The van der Waals surface area contributed by atoms with E-state index in [2.05, 4.69) is 10.4 Å². The quantitative estimate of drug-likeness (QED) is 0.942. The number of anilines is 1. The van der Waals surface area contributed by atoms with Crippen molar-refractivity contribution in [2.45, 2.75) is 32.2 Å². The fourth-order valence-corrected chi connectivity index (χ4v) is 2.93. The summed E-state index contributed by atoms with van der Waals surface area (Å²) in [7, 11) is -1.28. The summed E-state index contributed by atoms with van der Waals surface area (Å²) in [6, 6.07) is 5.14. The second-order valence-corrected chi connectivity index (χ2v) is 7.39. The highest BCUT2D eigenvalue weighted by atomic mass is 32.2. The molecule has 1 N–H and O–H groups in total. The molecule has 0 spiro atoms. The number of hydrogen-bond acceptors (Lipinski definition) is 4. The number of aryl methyl sites for hydroxylation is 3. The molecule has 2 aromatic rings. The van der Waals surface area contributed by atoms with E-state index in [0.717, 1.165) is 28.2 Å². The molecule has 0 atom stereocenters. The summed E-state index contributed by atoms with van der Waals surface area (Å²) in [6.07, 6.45) is 1.22. The molecule has 1 heterocycles. The van der Waals surface area contributed by atoms with Crippen LogP contribution in [0.15, 0.2) is 23.1 Å². The second-order valence-electron chi connectivity index (χ2n) is 5.38. The normalized spacial score (nSPS) is 11.7. The van der Waals surface area contributed by atoms with E-state index in [1.54, 1.807) is 12.1 Å². The molecule has 0 bridgehead atoms. The van der Waals surface area contributed by atoms with Gasteiger partial charge in [-0.3, -0.25) is 4.68 Å². The minimum absolute atomic E-state index is 0.329. The zero-order valence-corrected chi connectivity index (χ0v) is 13.9. The molecular weight excluding hydrogens is 286 g/mol. The van der Waals surface area contributed by atoms with E-state index in [-0.39, 0.29) is 0 Å². The summed E-state index contributed by atoms with van der Waals surface area (Å²) in [6.45, 7) is 6.58. The van der Waals surface area contributed by atoms with Crippen LogP contribution in [-0.2, 0) is 23.4 Å². The molecule has 0 fully saturated rings. The third-order valence-corrected chi connectivity index (χ3v) is 4.86. The van der Waals surface area contributed by atoms with Gasteiger partial charge in [-0.15, -0.1) is 0 Å². The Balaban J connectivity index is 2.28. The van der Waals surface area contributed by atoms with Crippen molar-refractivity contribution in [3.8, 4) is 0 Å². The summed E-state index contributed by atoms with van der Waals surface area (Å²) < 4.78 is 25.1. The summed E-state index contributed by atoms with van der Waals surface area (Å²) >= 11 is 0. The number of benzene rings is 1. The van der Waals surface area contributed by atoms with Gasteiger partial charge in [0.15, 0.2) is 9.84 Å². The molecule has 21 heavy (non-hydrogen) atoms. The van der Waals surface area contributed by atoms with Crippen molar-refractivity contribution in [2.24, 2.45) is 7.05 Å². The Hall–Kier alpha value is -1.82. The number of nitrogens with one attached hydrogen (secondary N) is 1. The SMILES string of the molecule is Cc1ccc(S(C)(=O)=O)cc1NCc1c(C)nn(C)c1C. The van der Waals surface area contributed by atoms with Crippen molar-refractivity contribution < 1.29 is 8.42 Å². The lowest BCUT2D eigenvalue weighted by Crippen LogP contribution is -2.05. The number of nitrogens with zero attached hydrogens (tertiary/aromatic N) is 2. The minimum atomic E-state index is -3.19. The highest BCUT2D eigenvalue weighted by Gasteiger charge is 2.12. The molecule has 0 amide bonds. The van der Waals surface area contributed by atoms with Crippen LogP contribution >= 0.6 is 0 Å². The molecule has 0 radical (unpaired) electrons. The zero-order valence-electron chi connectivity index (χ0n) is 13.1. The Morgan fingerprint density at radius 3 is 2.43 bits per heavy atom. The summed E-state index contributed by atoms with van der Waals surface area (Å²) in [5.74, 6) is 0. The second kappa shape index (κ2) is 5.52. The lowest BCUT2D eigenvalue weighted by atomic mass is 10.1. The molecule has 114 valence electrons. The van der Waals surface area contributed by atoms with E-state index in [9.17, 15) is 8.42 Å². The van der Waals surface area contributed by atoms with E-state index in [1.165, 1.54) is 6.26 Å². The summed E-state index contributed by atoms with van der Waals surface area (Å²) in [4.78, 5) is 0.329. The van der Waals surface area contributed by atoms with Gasteiger partial charge in [0.05, 0.1) is 10.6 Å². The molecule has 2 rings (SSSR count). The molecule has 5 nitrogen and oxygen atoms in total. The average molecular weight is 307 g/mol. The lowest BCUT2D eigenvalue weighted by molar-refractivity contribution is 0.602. The maximum absolute atomic E-state index is 11.6. The fraction of sp³-hybridized carbons (Fsp3) is 0.400. The number of hydrogen-bond donors (Lipinski definition) is 1. The third kappa shape index (κ3) is 3.26. The van der Waals surface area contributed by atoms with Gasteiger partial charge < -0.3 is 5.32 Å². The molecule has 0 saturated carbocycles. The summed E-state index contributed by atoms with van der Waals surface area (Å²) in [5, 5.41) is 7.70. The molecule has 1 aromatic heterocycles. The molecule has 1 aromatic carbocycles. The van der Waals surface area contributed by atoms with Crippen molar-refractivity contribution >= 4 is 15.5 Å². The van der Waals surface area contributed by atoms with Crippen LogP contribution in [-0.4, -0.2) is 24.5 Å². The molecule has 0 saturated heterocycles. The molecule has 6 heteroatoms. The van der Waals surface area contributed by atoms with Crippen molar-refractivity contribution in [1.82, 2.24) is 9.78 Å². The number of sulfone groups is 1. The van der Waals surface area contributed by atoms with E-state index in [1.807, 2.05) is 38.6 Å². The van der Waals surface area contributed by atoms with Crippen LogP contribution in [0.4, 0.5) is 5.69 Å². The van der Waals surface area contributed by atoms with Gasteiger partial charge in [-0.2, -0.15) is 5.10 Å². The van der Waals surface area contributed by atoms with Gasteiger partial charge in [-0.1, -0.05) is 6.07 Å². The molecular formula is C15H21N3O2S. The highest BCUT2D eigenvalue weighted by molar-refractivity contribution is 7.90. The highest BCUT2D eigenvalue weighted by Crippen LogP contribution is 2.22. The Bertz CT molecular complexity index is 776. The Labute approximate surface area is 125 Å². The van der Waals surface area contributed by atoms with Crippen LogP contribution < -0.4 is 5.32 Å². The number of rotatable bonds is 4. The van der Waals surface area contributed by atoms with E-state index >= 15 is 0 Å². The van der Waals surface area contributed by atoms with E-state index in [0.29, 0.717) is 11.4 Å².